The fraction of sp³-hybridized carbons (Fsp3) is 0.538. The van der Waals surface area contributed by atoms with E-state index in [9.17, 15) is 5.11 Å². The number of hydrogen-bond donors (Lipinski definition) is 2. The van der Waals surface area contributed by atoms with E-state index in [4.69, 9.17) is 11.6 Å². The summed E-state index contributed by atoms with van der Waals surface area (Å²) in [4.78, 5) is 0. The van der Waals surface area contributed by atoms with Crippen LogP contribution in [0.2, 0.25) is 5.02 Å². The van der Waals surface area contributed by atoms with Gasteiger partial charge < -0.3 is 10.4 Å². The molecular formula is C13H18ClNO. The van der Waals surface area contributed by atoms with Crippen LogP contribution in [0.25, 0.3) is 0 Å². The molecule has 3 heteroatoms. The fourth-order valence-corrected chi connectivity index (χ4v) is 1.96. The monoisotopic (exact) mass is 239 g/mol. The second-order valence-corrected chi connectivity index (χ2v) is 5.26. The summed E-state index contributed by atoms with van der Waals surface area (Å²) in [5.41, 5.74) is 0.663. The number of hydrogen-bond acceptors (Lipinski definition) is 2. The van der Waals surface area contributed by atoms with Gasteiger partial charge in [0.05, 0.1) is 12.1 Å². The molecular weight excluding hydrogens is 222 g/mol. The summed E-state index contributed by atoms with van der Waals surface area (Å²) in [5.74, 6) is 0.796. The Labute approximate surface area is 102 Å². The highest BCUT2D eigenvalue weighted by Crippen LogP contribution is 2.30. The molecule has 0 bridgehead atoms. The Bertz CT molecular complexity index is 365. The summed E-state index contributed by atoms with van der Waals surface area (Å²) >= 11 is 5.97. The SMILES string of the molecule is CC(CO)(NCC1CC1)c1cccc(Cl)c1. The van der Waals surface area contributed by atoms with E-state index in [1.165, 1.54) is 12.8 Å². The van der Waals surface area contributed by atoms with Crippen LogP contribution in [-0.4, -0.2) is 18.3 Å². The Morgan fingerprint density at radius 2 is 2.25 bits per heavy atom. The average molecular weight is 240 g/mol. The average Bonchev–Trinajstić information content (AvgIpc) is 3.10. The van der Waals surface area contributed by atoms with Crippen molar-refractivity contribution in [2.45, 2.75) is 25.3 Å². The molecule has 1 aromatic carbocycles. The molecule has 0 aliphatic heterocycles. The van der Waals surface area contributed by atoms with Crippen molar-refractivity contribution < 1.29 is 5.11 Å². The molecule has 1 aliphatic carbocycles. The van der Waals surface area contributed by atoms with E-state index in [2.05, 4.69) is 5.32 Å². The Kier molecular flexibility index (Phi) is 3.53. The van der Waals surface area contributed by atoms with E-state index in [-0.39, 0.29) is 12.1 Å². The van der Waals surface area contributed by atoms with Crippen molar-refractivity contribution in [1.82, 2.24) is 5.32 Å². The van der Waals surface area contributed by atoms with Gasteiger partial charge in [0, 0.05) is 5.02 Å². The molecule has 1 saturated carbocycles. The topological polar surface area (TPSA) is 32.3 Å². The molecule has 1 aromatic rings. The maximum absolute atomic E-state index is 9.56. The number of rotatable bonds is 5. The van der Waals surface area contributed by atoms with Crippen molar-refractivity contribution in [3.05, 3.63) is 34.9 Å². The van der Waals surface area contributed by atoms with Crippen LogP contribution in [0.3, 0.4) is 0 Å². The van der Waals surface area contributed by atoms with Crippen LogP contribution in [-0.2, 0) is 5.54 Å². The zero-order chi connectivity index (χ0) is 11.6. The molecule has 0 saturated heterocycles. The molecule has 2 nitrogen and oxygen atoms in total. The second kappa shape index (κ2) is 4.74. The van der Waals surface area contributed by atoms with Crippen molar-refractivity contribution in [3.63, 3.8) is 0 Å². The Hall–Kier alpha value is -0.570. The lowest BCUT2D eigenvalue weighted by molar-refractivity contribution is 0.174. The summed E-state index contributed by atoms with van der Waals surface area (Å²) < 4.78 is 0. The number of halogens is 1. The molecule has 1 fully saturated rings. The van der Waals surface area contributed by atoms with Crippen LogP contribution in [0.15, 0.2) is 24.3 Å². The van der Waals surface area contributed by atoms with Gasteiger partial charge in [-0.2, -0.15) is 0 Å². The predicted molar refractivity (Wildman–Crippen MR) is 66.6 cm³/mol. The Morgan fingerprint density at radius 3 is 2.81 bits per heavy atom. The van der Waals surface area contributed by atoms with Gasteiger partial charge in [0.2, 0.25) is 0 Å². The van der Waals surface area contributed by atoms with Gasteiger partial charge in [-0.1, -0.05) is 23.7 Å². The lowest BCUT2D eigenvalue weighted by Crippen LogP contribution is -2.43. The second-order valence-electron chi connectivity index (χ2n) is 4.82. The molecule has 0 aromatic heterocycles. The fourth-order valence-electron chi connectivity index (χ4n) is 1.77. The molecule has 1 atom stereocenters. The van der Waals surface area contributed by atoms with Crippen LogP contribution in [0.4, 0.5) is 0 Å². The summed E-state index contributed by atoms with van der Waals surface area (Å²) in [5, 5.41) is 13.7. The van der Waals surface area contributed by atoms with Crippen LogP contribution >= 0.6 is 11.6 Å². The van der Waals surface area contributed by atoms with Gasteiger partial charge in [0.25, 0.3) is 0 Å². The zero-order valence-electron chi connectivity index (χ0n) is 9.54. The lowest BCUT2D eigenvalue weighted by Gasteiger charge is -2.29. The Balaban J connectivity index is 2.11. The van der Waals surface area contributed by atoms with Gasteiger partial charge in [-0.15, -0.1) is 0 Å². The third-order valence-corrected chi connectivity index (χ3v) is 3.49. The van der Waals surface area contributed by atoms with Crippen LogP contribution < -0.4 is 5.32 Å². The van der Waals surface area contributed by atoms with Gasteiger partial charge in [0.1, 0.15) is 0 Å². The van der Waals surface area contributed by atoms with Gasteiger partial charge in [-0.3, -0.25) is 0 Å². The minimum atomic E-state index is -0.381. The maximum Gasteiger partial charge on any atom is 0.0652 e. The first kappa shape index (κ1) is 11.9. The molecule has 0 amide bonds. The highest BCUT2D eigenvalue weighted by atomic mass is 35.5. The number of aliphatic hydroxyl groups is 1. The lowest BCUT2D eigenvalue weighted by atomic mass is 9.93. The summed E-state index contributed by atoms with van der Waals surface area (Å²) in [6.07, 6.45) is 2.62. The Morgan fingerprint density at radius 1 is 1.50 bits per heavy atom. The standard InChI is InChI=1S/C13H18ClNO/c1-13(9-16,15-8-10-5-6-10)11-3-2-4-12(14)7-11/h2-4,7,10,15-16H,5-6,8-9H2,1H3. The molecule has 0 spiro atoms. The van der Waals surface area contributed by atoms with Crippen molar-refractivity contribution in [3.8, 4) is 0 Å². The summed E-state index contributed by atoms with van der Waals surface area (Å²) in [6.45, 7) is 3.07. The minimum absolute atomic E-state index is 0.0834. The zero-order valence-corrected chi connectivity index (χ0v) is 10.3. The van der Waals surface area contributed by atoms with E-state index in [1.807, 2.05) is 31.2 Å². The molecule has 0 radical (unpaired) electrons. The third kappa shape index (κ3) is 2.76. The number of aliphatic hydroxyl groups excluding tert-OH is 1. The minimum Gasteiger partial charge on any atom is -0.394 e. The largest absolute Gasteiger partial charge is 0.394 e. The van der Waals surface area contributed by atoms with E-state index < -0.39 is 0 Å². The first-order valence-corrected chi connectivity index (χ1v) is 6.14. The highest BCUT2D eigenvalue weighted by Gasteiger charge is 2.29. The van der Waals surface area contributed by atoms with Crippen molar-refractivity contribution in [1.29, 1.82) is 0 Å². The molecule has 0 heterocycles. The van der Waals surface area contributed by atoms with Crippen LogP contribution in [0, 0.1) is 5.92 Å². The maximum atomic E-state index is 9.56. The highest BCUT2D eigenvalue weighted by molar-refractivity contribution is 6.30. The molecule has 1 aliphatic rings. The van der Waals surface area contributed by atoms with Gasteiger partial charge in [0.15, 0.2) is 0 Å². The molecule has 88 valence electrons. The van der Waals surface area contributed by atoms with Crippen molar-refractivity contribution >= 4 is 11.6 Å². The molecule has 16 heavy (non-hydrogen) atoms. The summed E-state index contributed by atoms with van der Waals surface area (Å²) in [7, 11) is 0. The predicted octanol–water partition coefficient (Wildman–Crippen LogP) is 2.55. The molecule has 2 rings (SSSR count). The van der Waals surface area contributed by atoms with E-state index in [1.54, 1.807) is 0 Å². The van der Waals surface area contributed by atoms with Crippen LogP contribution in [0.1, 0.15) is 25.3 Å². The van der Waals surface area contributed by atoms with Crippen LogP contribution in [0.5, 0.6) is 0 Å². The number of benzene rings is 1. The number of nitrogens with one attached hydrogen (secondary N) is 1. The summed E-state index contributed by atoms with van der Waals surface area (Å²) in [6, 6.07) is 7.69. The molecule has 1 unspecified atom stereocenters. The third-order valence-electron chi connectivity index (χ3n) is 3.26. The smallest absolute Gasteiger partial charge is 0.0652 e. The normalized spacial score (nSPS) is 19.4. The van der Waals surface area contributed by atoms with Gasteiger partial charge in [-0.05, 0) is 49.9 Å². The quantitative estimate of drug-likeness (QED) is 0.828. The van der Waals surface area contributed by atoms with E-state index in [0.29, 0.717) is 5.02 Å². The van der Waals surface area contributed by atoms with Crippen molar-refractivity contribution in [2.24, 2.45) is 5.92 Å². The van der Waals surface area contributed by atoms with E-state index >= 15 is 0 Å². The van der Waals surface area contributed by atoms with Gasteiger partial charge in [-0.25, -0.2) is 0 Å². The van der Waals surface area contributed by atoms with Gasteiger partial charge >= 0.3 is 0 Å². The van der Waals surface area contributed by atoms with Crippen molar-refractivity contribution in [2.75, 3.05) is 13.2 Å². The first-order valence-electron chi connectivity index (χ1n) is 5.76. The first-order chi connectivity index (χ1) is 7.64. The van der Waals surface area contributed by atoms with E-state index in [0.717, 1.165) is 18.0 Å². The molecule has 2 N–H and O–H groups in total.